The minimum Gasteiger partial charge on any atom is -0.325 e. The van der Waals surface area contributed by atoms with Gasteiger partial charge in [0.1, 0.15) is 5.65 Å². The van der Waals surface area contributed by atoms with E-state index in [-0.39, 0.29) is 11.5 Å². The Labute approximate surface area is 156 Å². The number of hydrogen-bond donors (Lipinski definition) is 1. The molecule has 2 heterocycles. The highest BCUT2D eigenvalue weighted by atomic mass is 32.2. The smallest absolute Gasteiger partial charge is 0.258 e. The molecule has 0 aliphatic carbocycles. The van der Waals surface area contributed by atoms with Crippen molar-refractivity contribution in [2.24, 2.45) is 0 Å². The largest absolute Gasteiger partial charge is 0.325 e. The van der Waals surface area contributed by atoms with E-state index in [9.17, 15) is 9.59 Å². The lowest BCUT2D eigenvalue weighted by Gasteiger charge is -2.10. The van der Waals surface area contributed by atoms with E-state index in [0.717, 1.165) is 22.4 Å². The number of fused-ring (bicyclic) bond motifs is 1. The Kier molecular flexibility index (Phi) is 5.42. The minimum atomic E-state index is -0.103. The summed E-state index contributed by atoms with van der Waals surface area (Å²) in [5.74, 6) is 0.764. The maximum Gasteiger partial charge on any atom is 0.258 e. The van der Waals surface area contributed by atoms with Crippen LogP contribution in [0.1, 0.15) is 22.4 Å². The normalized spacial score (nSPS) is 10.9. The number of amides is 1. The second-order valence-electron chi connectivity index (χ2n) is 6.26. The highest BCUT2D eigenvalue weighted by molar-refractivity contribution is 7.99. The number of benzene rings is 1. The molecule has 0 atom stereocenters. The molecule has 1 aromatic carbocycles. The third-order valence-corrected chi connectivity index (χ3v) is 5.27. The van der Waals surface area contributed by atoms with Gasteiger partial charge < -0.3 is 5.32 Å². The molecule has 134 valence electrons. The molecule has 0 fully saturated rings. The van der Waals surface area contributed by atoms with Gasteiger partial charge in [-0.2, -0.15) is 0 Å². The van der Waals surface area contributed by atoms with Crippen LogP contribution >= 0.6 is 11.8 Å². The summed E-state index contributed by atoms with van der Waals surface area (Å²) in [4.78, 5) is 28.9. The molecule has 0 saturated carbocycles. The van der Waals surface area contributed by atoms with Crippen LogP contribution < -0.4 is 10.9 Å². The van der Waals surface area contributed by atoms with Gasteiger partial charge in [-0.3, -0.25) is 14.0 Å². The first-order chi connectivity index (χ1) is 12.5. The zero-order valence-electron chi connectivity index (χ0n) is 15.1. The van der Waals surface area contributed by atoms with E-state index >= 15 is 0 Å². The van der Waals surface area contributed by atoms with E-state index in [1.807, 2.05) is 51.1 Å². The summed E-state index contributed by atoms with van der Waals surface area (Å²) >= 11 is 1.44. The van der Waals surface area contributed by atoms with Crippen molar-refractivity contribution < 1.29 is 4.79 Å². The summed E-state index contributed by atoms with van der Waals surface area (Å²) in [6.07, 6.45) is 1.71. The van der Waals surface area contributed by atoms with Gasteiger partial charge in [-0.1, -0.05) is 18.2 Å². The van der Waals surface area contributed by atoms with Crippen LogP contribution in [0.25, 0.3) is 5.65 Å². The predicted octanol–water partition coefficient (Wildman–Crippen LogP) is 3.49. The first-order valence-electron chi connectivity index (χ1n) is 8.37. The zero-order chi connectivity index (χ0) is 18.7. The molecule has 0 spiro atoms. The van der Waals surface area contributed by atoms with Crippen molar-refractivity contribution in [1.82, 2.24) is 9.38 Å². The second kappa shape index (κ2) is 7.74. The summed E-state index contributed by atoms with van der Waals surface area (Å²) < 4.78 is 1.54. The van der Waals surface area contributed by atoms with E-state index in [4.69, 9.17) is 0 Å². The number of pyridine rings is 1. The Bertz CT molecular complexity index is 1030. The van der Waals surface area contributed by atoms with Crippen LogP contribution in [0.15, 0.2) is 47.4 Å². The Morgan fingerprint density at radius 3 is 2.73 bits per heavy atom. The van der Waals surface area contributed by atoms with Crippen molar-refractivity contribution in [2.45, 2.75) is 26.5 Å². The molecule has 0 saturated heterocycles. The molecule has 3 rings (SSSR count). The molecular weight excluding hydrogens is 346 g/mol. The maximum atomic E-state index is 12.2. The summed E-state index contributed by atoms with van der Waals surface area (Å²) in [6.45, 7) is 5.94. The van der Waals surface area contributed by atoms with Crippen molar-refractivity contribution in [3.8, 4) is 0 Å². The van der Waals surface area contributed by atoms with Gasteiger partial charge in [-0.05, 0) is 49.6 Å². The molecule has 3 aromatic rings. The molecule has 26 heavy (non-hydrogen) atoms. The average molecular weight is 367 g/mol. The third kappa shape index (κ3) is 3.96. The van der Waals surface area contributed by atoms with Crippen LogP contribution in [0.5, 0.6) is 0 Å². The highest BCUT2D eigenvalue weighted by Crippen LogP contribution is 2.19. The average Bonchev–Trinajstić information content (AvgIpc) is 2.60. The Morgan fingerprint density at radius 1 is 1.15 bits per heavy atom. The fourth-order valence-corrected chi connectivity index (χ4v) is 3.42. The number of thioether (sulfide) groups is 1. The molecule has 2 aromatic heterocycles. The molecule has 0 aliphatic rings. The first-order valence-corrected chi connectivity index (χ1v) is 9.53. The number of aromatic nitrogens is 2. The Balaban J connectivity index is 1.64. The molecule has 6 heteroatoms. The van der Waals surface area contributed by atoms with Crippen molar-refractivity contribution in [3.05, 3.63) is 75.3 Å². The quantitative estimate of drug-likeness (QED) is 0.750. The first kappa shape index (κ1) is 18.2. The van der Waals surface area contributed by atoms with Crippen molar-refractivity contribution in [1.29, 1.82) is 0 Å². The van der Waals surface area contributed by atoms with Crippen molar-refractivity contribution >= 4 is 29.0 Å². The Hall–Kier alpha value is -2.60. The van der Waals surface area contributed by atoms with Crippen LogP contribution in [0.4, 0.5) is 5.69 Å². The van der Waals surface area contributed by atoms with Gasteiger partial charge in [0.05, 0.1) is 11.4 Å². The minimum absolute atomic E-state index is 0.0580. The lowest BCUT2D eigenvalue weighted by Crippen LogP contribution is -2.17. The van der Waals surface area contributed by atoms with E-state index in [0.29, 0.717) is 22.8 Å². The van der Waals surface area contributed by atoms with Crippen molar-refractivity contribution in [3.63, 3.8) is 0 Å². The maximum absolute atomic E-state index is 12.2. The summed E-state index contributed by atoms with van der Waals surface area (Å²) in [7, 11) is 0. The number of rotatable bonds is 5. The van der Waals surface area contributed by atoms with Gasteiger partial charge in [0.15, 0.2) is 0 Å². The summed E-state index contributed by atoms with van der Waals surface area (Å²) in [6, 6.07) is 11.1. The van der Waals surface area contributed by atoms with Crippen molar-refractivity contribution in [2.75, 3.05) is 11.1 Å². The van der Waals surface area contributed by atoms with Gasteiger partial charge in [-0.15, -0.1) is 11.8 Å². The van der Waals surface area contributed by atoms with Crippen LogP contribution in [-0.2, 0) is 10.5 Å². The molecule has 5 nitrogen and oxygen atoms in total. The molecule has 1 amide bonds. The van der Waals surface area contributed by atoms with E-state index in [1.54, 1.807) is 6.20 Å². The number of nitrogens with one attached hydrogen (secondary N) is 1. The SMILES string of the molecule is Cc1cccc(NC(=O)CSCc2cc(=O)n3cccc(C)c3n2)c1C. The standard InChI is InChI=1S/C20H21N3O2S/c1-13-6-4-8-17(15(13)3)22-18(24)12-26-11-16-10-19(25)23-9-5-7-14(2)20(23)21-16/h4-10H,11-12H2,1-3H3,(H,22,24). The lowest BCUT2D eigenvalue weighted by atomic mass is 10.1. The van der Waals surface area contributed by atoms with Gasteiger partial charge in [-0.25, -0.2) is 4.98 Å². The van der Waals surface area contributed by atoms with Gasteiger partial charge >= 0.3 is 0 Å². The van der Waals surface area contributed by atoms with Gasteiger partial charge in [0.2, 0.25) is 5.91 Å². The monoisotopic (exact) mass is 367 g/mol. The topological polar surface area (TPSA) is 63.5 Å². The fourth-order valence-electron chi connectivity index (χ4n) is 2.70. The zero-order valence-corrected chi connectivity index (χ0v) is 15.9. The number of aryl methyl sites for hydroxylation is 2. The fraction of sp³-hybridized carbons (Fsp3) is 0.250. The Morgan fingerprint density at radius 2 is 1.92 bits per heavy atom. The van der Waals surface area contributed by atoms with Crippen LogP contribution in [0, 0.1) is 20.8 Å². The number of nitrogens with zero attached hydrogens (tertiary/aromatic N) is 2. The van der Waals surface area contributed by atoms with E-state index < -0.39 is 0 Å². The number of carbonyl (C=O) groups excluding carboxylic acids is 1. The second-order valence-corrected chi connectivity index (χ2v) is 7.24. The molecule has 0 bridgehead atoms. The molecule has 0 unspecified atom stereocenters. The van der Waals surface area contributed by atoms with E-state index in [2.05, 4.69) is 10.3 Å². The van der Waals surface area contributed by atoms with Gasteiger partial charge in [0, 0.05) is 23.7 Å². The number of anilines is 1. The number of carbonyl (C=O) groups is 1. The highest BCUT2D eigenvalue weighted by Gasteiger charge is 2.08. The molecular formula is C20H21N3O2S. The van der Waals surface area contributed by atoms with Gasteiger partial charge in [0.25, 0.3) is 5.56 Å². The molecule has 0 radical (unpaired) electrons. The van der Waals surface area contributed by atoms with Crippen LogP contribution in [0.3, 0.4) is 0 Å². The number of hydrogen-bond acceptors (Lipinski definition) is 4. The lowest BCUT2D eigenvalue weighted by molar-refractivity contribution is -0.113. The third-order valence-electron chi connectivity index (χ3n) is 4.30. The molecule has 0 aliphatic heterocycles. The van der Waals surface area contributed by atoms with E-state index in [1.165, 1.54) is 22.2 Å². The van der Waals surface area contributed by atoms with Crippen LogP contribution in [-0.4, -0.2) is 21.0 Å². The van der Waals surface area contributed by atoms with Crippen LogP contribution in [0.2, 0.25) is 0 Å². The summed E-state index contributed by atoms with van der Waals surface area (Å²) in [5.41, 5.74) is 5.26. The predicted molar refractivity (Wildman–Crippen MR) is 107 cm³/mol. The molecule has 1 N–H and O–H groups in total. The summed E-state index contributed by atoms with van der Waals surface area (Å²) in [5, 5.41) is 2.94.